The van der Waals surface area contributed by atoms with Crippen molar-refractivity contribution in [1.82, 2.24) is 21.3 Å². The average molecular weight is 880 g/mol. The van der Waals surface area contributed by atoms with Crippen LogP contribution >= 0.6 is 0 Å². The molecule has 0 fully saturated rings. The van der Waals surface area contributed by atoms with Crippen LogP contribution in [0.15, 0.2) is 97.1 Å². The Labute approximate surface area is 370 Å². The summed E-state index contributed by atoms with van der Waals surface area (Å²) < 4.78 is 15.7. The molecule has 18 nitrogen and oxygen atoms in total. The minimum atomic E-state index is -1.05. The Bertz CT molecular complexity index is 2220. The fourth-order valence-corrected chi connectivity index (χ4v) is 7.07. The van der Waals surface area contributed by atoms with E-state index in [0.29, 0.717) is 43.5 Å². The summed E-state index contributed by atoms with van der Waals surface area (Å²) in [6.07, 6.45) is 0.805. The van der Waals surface area contributed by atoms with Crippen molar-refractivity contribution in [3.05, 3.63) is 124 Å². The summed E-state index contributed by atoms with van der Waals surface area (Å²) in [5.41, 5.74) is 10.5. The highest BCUT2D eigenvalue weighted by Gasteiger charge is 2.30. The summed E-state index contributed by atoms with van der Waals surface area (Å²) in [6, 6.07) is 24.7. The van der Waals surface area contributed by atoms with E-state index in [9.17, 15) is 38.9 Å². The average Bonchev–Trinajstić information content (AvgIpc) is 3.60. The Balaban J connectivity index is 1.03. The van der Waals surface area contributed by atoms with Crippen molar-refractivity contribution in [3.63, 3.8) is 0 Å². The number of nitro benzene ring substituents is 1. The third kappa shape index (κ3) is 14.3. The maximum absolute atomic E-state index is 13.6. The van der Waals surface area contributed by atoms with Gasteiger partial charge in [0.15, 0.2) is 0 Å². The number of nitrogens with one attached hydrogen (secondary N) is 5. The monoisotopic (exact) mass is 879 g/mol. The largest absolute Gasteiger partial charge is 0.514 e. The number of urea groups is 1. The summed E-state index contributed by atoms with van der Waals surface area (Å²) in [5, 5.41) is 24.4. The van der Waals surface area contributed by atoms with Gasteiger partial charge in [-0.15, -0.1) is 0 Å². The quantitative estimate of drug-likeness (QED) is 0.0165. The second-order valence-electron chi connectivity index (χ2n) is 15.4. The highest BCUT2D eigenvalue weighted by Crippen LogP contribution is 2.44. The third-order valence-electron chi connectivity index (χ3n) is 10.4. The first-order valence-electron chi connectivity index (χ1n) is 21.0. The van der Waals surface area contributed by atoms with Crippen molar-refractivity contribution < 1.29 is 47.9 Å². The first-order chi connectivity index (χ1) is 30.8. The molecule has 0 radical (unpaired) electrons. The standard InChI is InChI=1S/C46H53N7O11/c1-29(2)41(52-40(54)16-4-3-9-25-49-45(58)62-28-38-36-13-7-5-11-34(36)35-12-6-8-14-37(35)38)43(56)51-39(15-10-26-48-44(47)57)42(55)50-31-19-17-30(18-20-31)27-63-46(59)64-33-23-21-32(22-24-33)53(60)61/h5-8,11-14,17-24,29,38-39,41H,3-4,9-10,15-16,25-28H2,1-2H3,(H,49,58)(H,50,55)(H,51,56)(H,52,54)(H3,47,48,57)/t39-,41-/m0/s1. The number of benzene rings is 4. The molecule has 0 unspecified atom stereocenters. The van der Waals surface area contributed by atoms with E-state index in [1.807, 2.05) is 24.3 Å². The van der Waals surface area contributed by atoms with E-state index in [1.165, 1.54) is 24.3 Å². The number of rotatable bonds is 22. The van der Waals surface area contributed by atoms with Gasteiger partial charge in [-0.3, -0.25) is 24.5 Å². The Morgan fingerprint density at radius 3 is 2.00 bits per heavy atom. The number of fused-ring (bicyclic) bond motifs is 3. The zero-order chi connectivity index (χ0) is 46.0. The van der Waals surface area contributed by atoms with Crippen LogP contribution in [0.5, 0.6) is 5.75 Å². The number of amides is 6. The van der Waals surface area contributed by atoms with Gasteiger partial charge < -0.3 is 46.5 Å². The number of ether oxygens (including phenoxy) is 3. The van der Waals surface area contributed by atoms with Gasteiger partial charge >= 0.3 is 18.3 Å². The van der Waals surface area contributed by atoms with Crippen molar-refractivity contribution in [2.45, 2.75) is 77.0 Å². The maximum Gasteiger partial charge on any atom is 0.514 e. The predicted molar refractivity (Wildman–Crippen MR) is 236 cm³/mol. The molecular formula is C46H53N7O11. The number of primary amides is 1. The lowest BCUT2D eigenvalue weighted by molar-refractivity contribution is -0.384. The Kier molecular flexibility index (Phi) is 17.6. The lowest BCUT2D eigenvalue weighted by atomic mass is 9.98. The molecule has 0 bridgehead atoms. The molecule has 0 spiro atoms. The van der Waals surface area contributed by atoms with Crippen molar-refractivity contribution in [2.24, 2.45) is 11.7 Å². The molecule has 0 aliphatic heterocycles. The highest BCUT2D eigenvalue weighted by atomic mass is 16.7. The molecule has 7 N–H and O–H groups in total. The summed E-state index contributed by atoms with van der Waals surface area (Å²) in [4.78, 5) is 86.2. The van der Waals surface area contributed by atoms with Gasteiger partial charge in [0, 0.05) is 43.2 Å². The molecule has 0 saturated carbocycles. The highest BCUT2D eigenvalue weighted by molar-refractivity contribution is 5.98. The Morgan fingerprint density at radius 2 is 1.38 bits per heavy atom. The fraction of sp³-hybridized carbons (Fsp3) is 0.348. The summed E-state index contributed by atoms with van der Waals surface area (Å²) in [7, 11) is 0. The second-order valence-corrected chi connectivity index (χ2v) is 15.4. The molecule has 4 aromatic carbocycles. The van der Waals surface area contributed by atoms with Gasteiger partial charge in [-0.1, -0.05) is 80.9 Å². The molecule has 0 aromatic heterocycles. The van der Waals surface area contributed by atoms with E-state index in [4.69, 9.17) is 19.9 Å². The van der Waals surface area contributed by atoms with E-state index in [2.05, 4.69) is 50.8 Å². The van der Waals surface area contributed by atoms with Crippen LogP contribution in [0.3, 0.4) is 0 Å². The molecule has 1 aliphatic carbocycles. The molecule has 1 aliphatic rings. The molecule has 2 atom stereocenters. The number of unbranched alkanes of at least 4 members (excludes halogenated alkanes) is 2. The van der Waals surface area contributed by atoms with E-state index < -0.39 is 47.1 Å². The number of carbonyl (C=O) groups is 6. The lowest BCUT2D eigenvalue weighted by Crippen LogP contribution is -2.54. The van der Waals surface area contributed by atoms with Crippen LogP contribution in [0.1, 0.15) is 75.0 Å². The van der Waals surface area contributed by atoms with Crippen LogP contribution in [0, 0.1) is 16.0 Å². The molecule has 0 saturated heterocycles. The number of hydrogen-bond acceptors (Lipinski definition) is 11. The smallest absolute Gasteiger partial charge is 0.449 e. The fourth-order valence-electron chi connectivity index (χ4n) is 7.07. The minimum Gasteiger partial charge on any atom is -0.449 e. The zero-order valence-electron chi connectivity index (χ0n) is 35.6. The van der Waals surface area contributed by atoms with Gasteiger partial charge in [0.1, 0.15) is 31.0 Å². The van der Waals surface area contributed by atoms with Gasteiger partial charge in [-0.2, -0.15) is 0 Å². The van der Waals surface area contributed by atoms with Gasteiger partial charge in [-0.25, -0.2) is 14.4 Å². The molecule has 64 heavy (non-hydrogen) atoms. The van der Waals surface area contributed by atoms with Gasteiger partial charge in [-0.05, 0) is 83.7 Å². The summed E-state index contributed by atoms with van der Waals surface area (Å²) in [6.45, 7) is 4.11. The lowest BCUT2D eigenvalue weighted by Gasteiger charge is -2.25. The van der Waals surface area contributed by atoms with E-state index in [0.717, 1.165) is 22.3 Å². The van der Waals surface area contributed by atoms with Gasteiger partial charge in [0.2, 0.25) is 17.7 Å². The molecule has 338 valence electrons. The van der Waals surface area contributed by atoms with Crippen LogP contribution in [-0.4, -0.2) is 72.7 Å². The van der Waals surface area contributed by atoms with Crippen molar-refractivity contribution in [3.8, 4) is 16.9 Å². The summed E-state index contributed by atoms with van der Waals surface area (Å²) in [5.74, 6) is -1.76. The maximum atomic E-state index is 13.6. The summed E-state index contributed by atoms with van der Waals surface area (Å²) >= 11 is 0. The number of nitro groups is 1. The second kappa shape index (κ2) is 23.6. The van der Waals surface area contributed by atoms with Gasteiger partial charge in [0.25, 0.3) is 5.69 Å². The Morgan fingerprint density at radius 1 is 0.734 bits per heavy atom. The molecule has 0 heterocycles. The molecule has 6 amide bonds. The van der Waals surface area contributed by atoms with Crippen molar-refractivity contribution >= 4 is 47.4 Å². The first-order valence-corrected chi connectivity index (χ1v) is 21.0. The molecular weight excluding hydrogens is 827 g/mol. The van der Waals surface area contributed by atoms with Crippen LogP contribution in [-0.2, 0) is 30.5 Å². The van der Waals surface area contributed by atoms with Crippen LogP contribution in [0.25, 0.3) is 11.1 Å². The molecule has 5 rings (SSSR count). The third-order valence-corrected chi connectivity index (χ3v) is 10.4. The number of anilines is 1. The topological polar surface area (TPSA) is 259 Å². The first kappa shape index (κ1) is 47.5. The number of nitrogens with zero attached hydrogens (tertiary/aromatic N) is 1. The Hall–Kier alpha value is -7.50. The predicted octanol–water partition coefficient (Wildman–Crippen LogP) is 6.42. The van der Waals surface area contributed by atoms with Crippen molar-refractivity contribution in [2.75, 3.05) is 25.0 Å². The number of carbonyl (C=O) groups excluding carboxylic acids is 6. The van der Waals surface area contributed by atoms with Crippen LogP contribution in [0.4, 0.5) is 25.8 Å². The zero-order valence-corrected chi connectivity index (χ0v) is 35.6. The van der Waals surface area contributed by atoms with Crippen molar-refractivity contribution in [1.29, 1.82) is 0 Å². The molecule has 4 aromatic rings. The van der Waals surface area contributed by atoms with E-state index in [1.54, 1.807) is 38.1 Å². The number of non-ortho nitro benzene ring substituents is 1. The molecule has 18 heteroatoms. The minimum absolute atomic E-state index is 0.0394. The SMILES string of the molecule is CC(C)[C@H](NC(=O)CCCCCNC(=O)OCC1c2ccccc2-c2ccccc21)C(=O)N[C@@H](CCCNC(N)=O)C(=O)Nc1ccc(COC(=O)Oc2ccc([N+](=O)[O-])cc2)cc1. The number of alkyl carbamates (subject to hydrolysis) is 1. The number of hydrogen-bond donors (Lipinski definition) is 6. The van der Waals surface area contributed by atoms with Crippen LogP contribution < -0.4 is 37.1 Å². The van der Waals surface area contributed by atoms with Crippen LogP contribution in [0.2, 0.25) is 0 Å². The van der Waals surface area contributed by atoms with Gasteiger partial charge in [0.05, 0.1) is 4.92 Å². The normalized spacial score (nSPS) is 12.4. The number of nitrogens with two attached hydrogens (primary N) is 1. The van der Waals surface area contributed by atoms with E-state index in [-0.39, 0.29) is 61.8 Å². The van der Waals surface area contributed by atoms with E-state index >= 15 is 0 Å².